The van der Waals surface area contributed by atoms with Crippen LogP contribution in [0.25, 0.3) is 0 Å². The fourth-order valence-electron chi connectivity index (χ4n) is 1.57. The van der Waals surface area contributed by atoms with Gasteiger partial charge in [0.1, 0.15) is 0 Å². The van der Waals surface area contributed by atoms with Gasteiger partial charge in [-0.25, -0.2) is 0 Å². The normalized spacial score (nSPS) is 12.7. The number of rotatable bonds is 7. The lowest BCUT2D eigenvalue weighted by atomic mass is 10.1. The fraction of sp³-hybridized carbons (Fsp3) is 0.538. The van der Waals surface area contributed by atoms with E-state index in [1.807, 2.05) is 11.8 Å². The molecule has 1 atom stereocenters. The molecule has 1 rings (SSSR count). The van der Waals surface area contributed by atoms with Crippen LogP contribution in [0.1, 0.15) is 31.9 Å². The molecule has 1 aromatic rings. The second-order valence-electron chi connectivity index (χ2n) is 3.75. The largest absolute Gasteiger partial charge is 0.310 e. The Morgan fingerprint density at radius 3 is 2.81 bits per heavy atom. The van der Waals surface area contributed by atoms with E-state index in [-0.39, 0.29) is 0 Å². The van der Waals surface area contributed by atoms with Gasteiger partial charge >= 0.3 is 0 Å². The summed E-state index contributed by atoms with van der Waals surface area (Å²) in [5.41, 5.74) is 1.34. The molecule has 1 N–H and O–H groups in total. The van der Waals surface area contributed by atoms with E-state index in [9.17, 15) is 0 Å². The second-order valence-corrected chi connectivity index (χ2v) is 6.00. The molecule has 0 unspecified atom stereocenters. The molecule has 0 aliphatic heterocycles. The fourth-order valence-corrected chi connectivity index (χ4v) is 2.84. The summed E-state index contributed by atoms with van der Waals surface area (Å²) in [6.45, 7) is 5.52. The van der Waals surface area contributed by atoms with Crippen molar-refractivity contribution < 1.29 is 0 Å². The van der Waals surface area contributed by atoms with Crippen molar-refractivity contribution in [1.29, 1.82) is 0 Å². The zero-order valence-corrected chi connectivity index (χ0v) is 12.4. The van der Waals surface area contributed by atoms with Gasteiger partial charge in [-0.15, -0.1) is 0 Å². The number of halogens is 1. The molecule has 0 amide bonds. The Labute approximate surface area is 112 Å². The van der Waals surface area contributed by atoms with E-state index in [0.717, 1.165) is 6.54 Å². The highest BCUT2D eigenvalue weighted by molar-refractivity contribution is 9.10. The van der Waals surface area contributed by atoms with Crippen LogP contribution in [0.5, 0.6) is 0 Å². The van der Waals surface area contributed by atoms with Crippen LogP contribution in [0.15, 0.2) is 28.7 Å². The number of hydrogen-bond donors (Lipinski definition) is 1. The van der Waals surface area contributed by atoms with E-state index in [1.54, 1.807) is 0 Å². The summed E-state index contributed by atoms with van der Waals surface area (Å²) in [6.07, 6.45) is 1.24. The molecule has 0 bridgehead atoms. The van der Waals surface area contributed by atoms with Gasteiger partial charge in [0.2, 0.25) is 0 Å². The smallest absolute Gasteiger partial charge is 0.0302 e. The molecule has 90 valence electrons. The van der Waals surface area contributed by atoms with Crippen LogP contribution in [0.4, 0.5) is 0 Å². The molecular formula is C13H20BrNS. The Morgan fingerprint density at radius 1 is 1.38 bits per heavy atom. The van der Waals surface area contributed by atoms with Crippen LogP contribution < -0.4 is 5.32 Å². The summed E-state index contributed by atoms with van der Waals surface area (Å²) in [5.74, 6) is 2.48. The molecule has 16 heavy (non-hydrogen) atoms. The van der Waals surface area contributed by atoms with Crippen molar-refractivity contribution in [3.63, 3.8) is 0 Å². The van der Waals surface area contributed by atoms with Gasteiger partial charge in [-0.2, -0.15) is 11.8 Å². The van der Waals surface area contributed by atoms with Crippen molar-refractivity contribution in [3.05, 3.63) is 34.3 Å². The van der Waals surface area contributed by atoms with Gasteiger partial charge in [0.05, 0.1) is 0 Å². The Kier molecular flexibility index (Phi) is 7.17. The Morgan fingerprint density at radius 2 is 2.12 bits per heavy atom. The minimum Gasteiger partial charge on any atom is -0.310 e. The van der Waals surface area contributed by atoms with Gasteiger partial charge in [-0.3, -0.25) is 0 Å². The minimum atomic E-state index is 0.419. The zero-order valence-electron chi connectivity index (χ0n) is 10.0. The zero-order chi connectivity index (χ0) is 11.8. The number of nitrogens with one attached hydrogen (secondary N) is 1. The summed E-state index contributed by atoms with van der Waals surface area (Å²) in [4.78, 5) is 0. The maximum absolute atomic E-state index is 3.59. The maximum Gasteiger partial charge on any atom is 0.0302 e. The standard InChI is InChI=1S/C13H20BrNS/c1-3-16-10-6-9-15-11(2)12-7-4-5-8-13(12)14/h4-5,7-8,11,15H,3,6,9-10H2,1-2H3/t11-/m1/s1. The summed E-state index contributed by atoms with van der Waals surface area (Å²) in [7, 11) is 0. The van der Waals surface area contributed by atoms with Crippen molar-refractivity contribution >= 4 is 27.7 Å². The summed E-state index contributed by atoms with van der Waals surface area (Å²) in [6, 6.07) is 8.83. The van der Waals surface area contributed by atoms with Gasteiger partial charge < -0.3 is 5.32 Å². The van der Waals surface area contributed by atoms with E-state index in [0.29, 0.717) is 6.04 Å². The van der Waals surface area contributed by atoms with Crippen LogP contribution in [0.2, 0.25) is 0 Å². The molecule has 0 saturated heterocycles. The molecule has 0 heterocycles. The predicted molar refractivity (Wildman–Crippen MR) is 78.2 cm³/mol. The molecule has 0 saturated carbocycles. The highest BCUT2D eigenvalue weighted by atomic mass is 79.9. The maximum atomic E-state index is 3.59. The van der Waals surface area contributed by atoms with E-state index in [2.05, 4.69) is 59.4 Å². The first-order chi connectivity index (χ1) is 7.75. The summed E-state index contributed by atoms with van der Waals surface area (Å²) < 4.78 is 1.19. The monoisotopic (exact) mass is 301 g/mol. The third-order valence-corrected chi connectivity index (χ3v) is 4.20. The van der Waals surface area contributed by atoms with Crippen molar-refractivity contribution in [2.24, 2.45) is 0 Å². The third-order valence-electron chi connectivity index (χ3n) is 2.49. The van der Waals surface area contributed by atoms with Crippen LogP contribution >= 0.6 is 27.7 Å². The average molecular weight is 302 g/mol. The topological polar surface area (TPSA) is 12.0 Å². The molecule has 1 aromatic carbocycles. The third kappa shape index (κ3) is 4.89. The number of hydrogen-bond acceptors (Lipinski definition) is 2. The lowest BCUT2D eigenvalue weighted by molar-refractivity contribution is 0.571. The minimum absolute atomic E-state index is 0.419. The highest BCUT2D eigenvalue weighted by Gasteiger charge is 2.06. The molecule has 0 aliphatic carbocycles. The Hall–Kier alpha value is 0.01000. The Balaban J connectivity index is 2.30. The lowest BCUT2D eigenvalue weighted by Gasteiger charge is -2.15. The molecule has 0 radical (unpaired) electrons. The SMILES string of the molecule is CCSCCCN[C@H](C)c1ccccc1Br. The van der Waals surface area contributed by atoms with Crippen molar-refractivity contribution in [3.8, 4) is 0 Å². The van der Waals surface area contributed by atoms with Crippen LogP contribution in [-0.4, -0.2) is 18.1 Å². The summed E-state index contributed by atoms with van der Waals surface area (Å²) in [5, 5.41) is 3.56. The van der Waals surface area contributed by atoms with E-state index >= 15 is 0 Å². The molecule has 0 spiro atoms. The molecule has 0 aromatic heterocycles. The van der Waals surface area contributed by atoms with Crippen LogP contribution in [0, 0.1) is 0 Å². The number of thioether (sulfide) groups is 1. The average Bonchev–Trinajstić information content (AvgIpc) is 2.29. The molecule has 3 heteroatoms. The van der Waals surface area contributed by atoms with Crippen molar-refractivity contribution in [1.82, 2.24) is 5.32 Å². The molecular weight excluding hydrogens is 282 g/mol. The molecule has 0 fully saturated rings. The quantitative estimate of drug-likeness (QED) is 0.756. The summed E-state index contributed by atoms with van der Waals surface area (Å²) >= 11 is 5.60. The lowest BCUT2D eigenvalue weighted by Crippen LogP contribution is -2.20. The van der Waals surface area contributed by atoms with Crippen LogP contribution in [-0.2, 0) is 0 Å². The van der Waals surface area contributed by atoms with Crippen LogP contribution in [0.3, 0.4) is 0 Å². The van der Waals surface area contributed by atoms with Gasteiger partial charge in [-0.1, -0.05) is 41.1 Å². The highest BCUT2D eigenvalue weighted by Crippen LogP contribution is 2.22. The van der Waals surface area contributed by atoms with Gasteiger partial charge in [0, 0.05) is 10.5 Å². The van der Waals surface area contributed by atoms with E-state index < -0.39 is 0 Å². The first-order valence-corrected chi connectivity index (χ1v) is 7.76. The molecule has 0 aliphatic rings. The second kappa shape index (κ2) is 8.15. The van der Waals surface area contributed by atoms with Crippen molar-refractivity contribution in [2.45, 2.75) is 26.3 Å². The first kappa shape index (κ1) is 14.1. The predicted octanol–water partition coefficient (Wildman–Crippen LogP) is 4.24. The first-order valence-electron chi connectivity index (χ1n) is 5.81. The Bertz CT molecular complexity index is 304. The van der Waals surface area contributed by atoms with E-state index in [4.69, 9.17) is 0 Å². The van der Waals surface area contributed by atoms with Gasteiger partial charge in [-0.05, 0) is 43.0 Å². The number of benzene rings is 1. The van der Waals surface area contributed by atoms with Gasteiger partial charge in [0.25, 0.3) is 0 Å². The van der Waals surface area contributed by atoms with Gasteiger partial charge in [0.15, 0.2) is 0 Å². The molecule has 1 nitrogen and oxygen atoms in total. The van der Waals surface area contributed by atoms with Crippen molar-refractivity contribution in [2.75, 3.05) is 18.1 Å². The van der Waals surface area contributed by atoms with E-state index in [1.165, 1.54) is 28.0 Å².